The Hall–Kier alpha value is -12.3. The van der Waals surface area contributed by atoms with Gasteiger partial charge < -0.3 is 41.6 Å². The molecule has 18 nitrogen and oxygen atoms in total. The number of nitrogens with zero attached hydrogens (tertiary/aromatic N) is 7. The van der Waals surface area contributed by atoms with E-state index in [1.54, 1.807) is 0 Å². The van der Waals surface area contributed by atoms with E-state index in [0.29, 0.717) is 25.8 Å². The first-order valence-corrected chi connectivity index (χ1v) is 30.2. The van der Waals surface area contributed by atoms with Gasteiger partial charge in [-0.15, -0.1) is 12.8 Å². The van der Waals surface area contributed by atoms with Crippen LogP contribution in [-0.4, -0.2) is 113 Å². The Morgan fingerprint density at radius 1 is 0.379 bits per heavy atom. The van der Waals surface area contributed by atoms with Crippen LogP contribution < -0.4 is 40.3 Å². The lowest BCUT2D eigenvalue weighted by molar-refractivity contribution is -0.110. The Morgan fingerprint density at radius 3 is 0.759 bits per heavy atom. The highest BCUT2D eigenvalue weighted by molar-refractivity contribution is 6.29. The molecule has 5 aromatic heterocycles. The number of ether oxygens (including phenoxy) is 4. The predicted octanol–water partition coefficient (Wildman–Crippen LogP) is 15.5. The van der Waals surface area contributed by atoms with Gasteiger partial charge in [0.25, 0.3) is 0 Å². The maximum atomic E-state index is 13.5. The van der Waals surface area contributed by atoms with Gasteiger partial charge in [-0.1, -0.05) is 30.6 Å². The lowest BCUT2D eigenvalue weighted by atomic mass is 10.2. The summed E-state index contributed by atoms with van der Waals surface area (Å²) in [5.41, 5.74) is -0.645. The highest BCUT2D eigenvalue weighted by Gasteiger charge is 2.30. The number of hydrogen-bond acceptors (Lipinski definition) is 15. The second-order valence-corrected chi connectivity index (χ2v) is 23.4. The third-order valence-corrected chi connectivity index (χ3v) is 12.8. The van der Waals surface area contributed by atoms with Crippen LogP contribution in [0.3, 0.4) is 0 Å². The van der Waals surface area contributed by atoms with Crippen molar-refractivity contribution in [3.63, 3.8) is 0 Å². The van der Waals surface area contributed by atoms with Crippen LogP contribution in [0.15, 0.2) is 122 Å². The second kappa shape index (κ2) is 44.4. The number of carbonyl (C=O) groups is 5. The van der Waals surface area contributed by atoms with Crippen molar-refractivity contribution in [2.75, 3.05) is 42.3 Å². The Bertz CT molecular complexity index is 4810. The first-order chi connectivity index (χ1) is 53.2. The Balaban J connectivity index is 0.000000699. The van der Waals surface area contributed by atoms with Gasteiger partial charge in [-0.3, -0.25) is 8.97 Å². The first-order valence-electron chi connectivity index (χ1n) is 30.0. The van der Waals surface area contributed by atoms with Crippen molar-refractivity contribution < 1.29 is 172 Å². The van der Waals surface area contributed by atoms with E-state index in [4.69, 9.17) is 34.8 Å². The molecule has 0 amide bonds. The molecule has 0 bridgehead atoms. The van der Waals surface area contributed by atoms with Crippen molar-refractivity contribution in [1.29, 1.82) is 0 Å². The molecule has 116 heavy (non-hydrogen) atoms. The number of hydrogen-bond donors (Lipinski definition) is 2. The number of esters is 4. The molecule has 5 aromatic carbocycles. The number of benzene rings is 5. The smallest absolute Gasteiger partial charge is 0.386 e. The summed E-state index contributed by atoms with van der Waals surface area (Å²) in [6, 6.07) is 12.7. The van der Waals surface area contributed by atoms with E-state index < -0.39 is 187 Å². The van der Waals surface area contributed by atoms with Crippen LogP contribution >= 0.6 is 23.2 Å². The van der Waals surface area contributed by atoms with Crippen molar-refractivity contribution in [3.8, 4) is 41.6 Å². The molecule has 0 unspecified atom stereocenters. The number of carboxylic acid groups (broad SMARTS) is 1. The summed E-state index contributed by atoms with van der Waals surface area (Å²) in [5.74, 6) is -47.8. The number of halogens is 27. The number of pyridine rings is 5. The number of rotatable bonds is 11. The normalized spacial score (nSPS) is 10.5. The topological polar surface area (TPSA) is 227 Å². The fraction of sp³-hybridized carbons (Fsp3) is 0.127. The fourth-order valence-electron chi connectivity index (χ4n) is 7.03. The molecule has 0 aliphatic heterocycles. The molecule has 0 saturated carbocycles. The number of phenols is 1. The third-order valence-electron chi connectivity index (χ3n) is 12.4. The molecule has 0 spiro atoms. The summed E-state index contributed by atoms with van der Waals surface area (Å²) in [6.45, 7) is 0.188. The van der Waals surface area contributed by atoms with Gasteiger partial charge in [0.15, 0.2) is 63.9 Å². The standard InChI is InChI=1S/2C15H13F4N2O2.C12H4ClF4NO2.C12H4F5NO2.C6H4ClNO2.C6H2F4O.C2H3F3.C2H2.CH4.ClH/c2*1-21(2,3)11-5-4-8(7-20-11)15(22)23-14-12(18)9(16)6-10(17)13(14)19;13-8-2-1-5(4-18-8)12(19)20-11-9(16)6(14)3-7(15)10(11)17;13-6-3-7(14)10(17)11(9(6)16)20-12(19)5-1-2-8(15)18-4-5;7-5-2-1-4(3-8-5)6(9)10;7-2-1-3(8)5(10)6(11)4(2)9;1-2(3,4)5;1-2;;/h2*4-7H,1-3H3;2*1-4H;1-3H,(H,9,10);1,11H;1H3;1-2H;1H4;1H/q2*+1;;;;;;;;/p-1/i;;;15-1;;;;1D;;. The van der Waals surface area contributed by atoms with E-state index >= 15 is 0 Å². The minimum Gasteiger partial charge on any atom is -1.00 e. The van der Waals surface area contributed by atoms with Crippen molar-refractivity contribution >= 4 is 64.7 Å². The molecule has 5 heterocycles. The molecule has 45 heteroatoms. The van der Waals surface area contributed by atoms with Gasteiger partial charge in [0.1, 0.15) is 11.7 Å². The molecular formula is C71H49Cl3F24N7O11+. The summed E-state index contributed by atoms with van der Waals surface area (Å²) < 4.78 is 327. The predicted molar refractivity (Wildman–Crippen MR) is 358 cm³/mol. The van der Waals surface area contributed by atoms with Crippen LogP contribution in [0.25, 0.3) is 0 Å². The van der Waals surface area contributed by atoms with Crippen LogP contribution in [0.2, 0.25) is 10.3 Å². The van der Waals surface area contributed by atoms with Gasteiger partial charge in [0, 0.05) is 80.4 Å². The number of phenolic OH excluding ortho intramolecular Hbond substituents is 1. The summed E-state index contributed by atoms with van der Waals surface area (Å²) in [5, 5.41) is 17.1. The van der Waals surface area contributed by atoms with Gasteiger partial charge in [0.2, 0.25) is 98.8 Å². The zero-order chi connectivity index (χ0) is 87.8. The number of carboxylic acids is 1. The molecule has 0 radical (unpaired) electrons. The minimum atomic E-state index is -4.00. The summed E-state index contributed by atoms with van der Waals surface area (Å²) in [6.07, 6.45) is 6.99. The Labute approximate surface area is 655 Å². The Kier molecular flexibility index (Phi) is 38.1. The van der Waals surface area contributed by atoms with E-state index in [1.807, 2.05) is 42.3 Å². The number of aromatic hydroxyl groups is 1. The largest absolute Gasteiger partial charge is 1.00 e. The summed E-state index contributed by atoms with van der Waals surface area (Å²) in [4.78, 5) is 75.3. The lowest BCUT2D eigenvalue weighted by Crippen LogP contribution is -3.00. The molecule has 10 aromatic rings. The van der Waals surface area contributed by atoms with Crippen molar-refractivity contribution in [3.05, 3.63) is 282 Å². The molecule has 0 fully saturated rings. The number of quaternary nitrogens is 2. The van der Waals surface area contributed by atoms with Crippen molar-refractivity contribution in [1.82, 2.24) is 33.9 Å². The maximum Gasteiger partial charge on any atom is 0.386 e. The lowest BCUT2D eigenvalue weighted by Gasteiger charge is -2.21. The van der Waals surface area contributed by atoms with Gasteiger partial charge in [-0.05, 0) is 48.5 Å². The SMILES string of the molecule is C.CC(F)(F)F.C[N+](C)(C)c1ccc(C(=O)Oc2c(F)c(F)cc(F)c2F)cn1.C[N+](C)(C)c1ccc(C(=O)Oc2c(F)c(F)cc(F)c2F)cn1.O=C(O)c1ccc(Cl)nc1.O=C(Oc1c(F)c(F)cc(F)c1F)c1ccc(Cl)nc1.O=C(Oc1c(F)c(F)cc(F)c1F)c1ccc([18F])nc1.Oc1c(F)c(F)cc(F)c1F.[2H]C#C.[Cl-]. The van der Waals surface area contributed by atoms with Crippen LogP contribution in [0.5, 0.6) is 28.7 Å². The quantitative estimate of drug-likeness (QED) is 0.0233. The zero-order valence-electron chi connectivity index (χ0n) is 59.0. The van der Waals surface area contributed by atoms with E-state index in [-0.39, 0.29) is 90.1 Å². The van der Waals surface area contributed by atoms with Crippen LogP contribution in [-0.2, 0) is 0 Å². The average molecular weight is 1740 g/mol. The van der Waals surface area contributed by atoms with Crippen LogP contribution in [0, 0.1) is 135 Å². The minimum absolute atomic E-state index is 0. The van der Waals surface area contributed by atoms with Crippen LogP contribution in [0.4, 0.5) is 117 Å². The monoisotopic (exact) mass is 1740 g/mol. The molecule has 0 saturated heterocycles. The maximum absolute atomic E-state index is 13.5. The molecular weight excluding hydrogens is 1690 g/mol. The van der Waals surface area contributed by atoms with Gasteiger partial charge >= 0.3 is 36.0 Å². The molecule has 0 aliphatic carbocycles. The van der Waals surface area contributed by atoms with Crippen LogP contribution in [0.1, 0.15) is 67.5 Å². The zero-order valence-corrected chi connectivity index (χ0v) is 60.3. The van der Waals surface area contributed by atoms with Crippen molar-refractivity contribution in [2.24, 2.45) is 0 Å². The highest BCUT2D eigenvalue weighted by Crippen LogP contribution is 2.33. The van der Waals surface area contributed by atoms with E-state index in [0.717, 1.165) is 36.9 Å². The molecule has 622 valence electrons. The van der Waals surface area contributed by atoms with E-state index in [1.165, 1.54) is 61.1 Å². The average Bonchev–Trinajstić information content (AvgIpc) is 0.813. The molecule has 0 aliphatic rings. The fourth-order valence-corrected chi connectivity index (χ4v) is 7.26. The van der Waals surface area contributed by atoms with Gasteiger partial charge in [-0.25, -0.2) is 92.8 Å². The number of aromatic carboxylic acids is 1. The molecule has 10 rings (SSSR count). The number of terminal acetylenes is 1. The first kappa shape index (κ1) is 99.7. The molecule has 2 N–H and O–H groups in total. The highest BCUT2D eigenvalue weighted by atomic mass is 35.5. The number of alkyl halides is 3. The summed E-state index contributed by atoms with van der Waals surface area (Å²) >= 11 is 10.9. The Morgan fingerprint density at radius 2 is 0.578 bits per heavy atom. The second-order valence-electron chi connectivity index (χ2n) is 22.6. The summed E-state index contributed by atoms with van der Waals surface area (Å²) in [7, 11) is 11.1. The van der Waals surface area contributed by atoms with Gasteiger partial charge in [-0.2, -0.15) is 61.5 Å². The number of carbonyl (C=O) groups excluding carboxylic acids is 4. The van der Waals surface area contributed by atoms with E-state index in [9.17, 15) is 129 Å². The molecule has 0 atom stereocenters. The number of aromatic nitrogens is 5. The van der Waals surface area contributed by atoms with E-state index in [2.05, 4.69) is 50.3 Å². The van der Waals surface area contributed by atoms with Crippen molar-refractivity contribution in [2.45, 2.75) is 20.5 Å². The third kappa shape index (κ3) is 29.9. The van der Waals surface area contributed by atoms with Gasteiger partial charge in [0.05, 0.1) is 70.1 Å².